The number of rotatable bonds is 6. The lowest BCUT2D eigenvalue weighted by atomic mass is 9.98. The molecule has 4 N–H and O–H groups in total. The fraction of sp³-hybridized carbons (Fsp3) is 0.522. The van der Waals surface area contributed by atoms with Crippen molar-refractivity contribution >= 4 is 34.3 Å². The highest BCUT2D eigenvalue weighted by Crippen LogP contribution is 2.48. The van der Waals surface area contributed by atoms with Crippen LogP contribution in [-0.2, 0) is 5.66 Å². The SMILES string of the molecule is CC1(N2CC(CCO)c3cc(F)ccc32)N=CNc2sc(C(=O)NCC3CCNCC3)nc21. The summed E-state index contributed by atoms with van der Waals surface area (Å²) in [4.78, 5) is 24.4. The second-order valence-corrected chi connectivity index (χ2v) is 10.0. The molecule has 10 heteroatoms. The third-order valence-electron chi connectivity index (χ3n) is 6.92. The van der Waals surface area contributed by atoms with Crippen LogP contribution in [0.1, 0.15) is 53.2 Å². The fourth-order valence-corrected chi connectivity index (χ4v) is 5.98. The van der Waals surface area contributed by atoms with Crippen LogP contribution in [0.3, 0.4) is 0 Å². The summed E-state index contributed by atoms with van der Waals surface area (Å²) in [5.41, 5.74) is 1.59. The van der Waals surface area contributed by atoms with Crippen LogP contribution >= 0.6 is 11.3 Å². The number of aliphatic imine (C=N–C) groups is 1. The largest absolute Gasteiger partial charge is 0.396 e. The molecule has 1 aromatic heterocycles. The number of amides is 1. The lowest BCUT2D eigenvalue weighted by Crippen LogP contribution is -2.44. The second kappa shape index (κ2) is 9.00. The van der Waals surface area contributed by atoms with Gasteiger partial charge in [-0.15, -0.1) is 0 Å². The zero-order valence-corrected chi connectivity index (χ0v) is 19.4. The summed E-state index contributed by atoms with van der Waals surface area (Å²) in [5, 5.41) is 20.3. The maximum Gasteiger partial charge on any atom is 0.280 e. The van der Waals surface area contributed by atoms with Gasteiger partial charge in [0.1, 0.15) is 16.5 Å². The first-order chi connectivity index (χ1) is 16.0. The number of thiazole rings is 1. The first-order valence-electron chi connectivity index (χ1n) is 11.5. The molecule has 0 saturated carbocycles. The number of carbonyl (C=O) groups is 1. The molecule has 2 unspecified atom stereocenters. The van der Waals surface area contributed by atoms with Gasteiger partial charge in [-0.1, -0.05) is 11.3 Å². The van der Waals surface area contributed by atoms with E-state index in [4.69, 9.17) is 9.98 Å². The van der Waals surface area contributed by atoms with Gasteiger partial charge in [-0.05, 0) is 69.0 Å². The number of nitrogens with one attached hydrogen (secondary N) is 3. The van der Waals surface area contributed by atoms with Gasteiger partial charge in [0.15, 0.2) is 10.7 Å². The normalized spacial score (nSPS) is 24.3. The smallest absolute Gasteiger partial charge is 0.280 e. The number of carbonyl (C=O) groups excluding carboxylic acids is 1. The van der Waals surface area contributed by atoms with Crippen molar-refractivity contribution in [3.05, 3.63) is 40.3 Å². The topological polar surface area (TPSA) is 102 Å². The number of hydrogen-bond acceptors (Lipinski definition) is 8. The summed E-state index contributed by atoms with van der Waals surface area (Å²) in [7, 11) is 0. The van der Waals surface area contributed by atoms with Crippen molar-refractivity contribution in [3.63, 3.8) is 0 Å². The van der Waals surface area contributed by atoms with E-state index < -0.39 is 5.66 Å². The highest BCUT2D eigenvalue weighted by atomic mass is 32.1. The number of aromatic nitrogens is 1. The van der Waals surface area contributed by atoms with Gasteiger partial charge < -0.3 is 26.0 Å². The van der Waals surface area contributed by atoms with Gasteiger partial charge in [-0.25, -0.2) is 14.4 Å². The molecule has 3 aliphatic heterocycles. The van der Waals surface area contributed by atoms with Crippen molar-refractivity contribution in [1.29, 1.82) is 0 Å². The Kier molecular flexibility index (Phi) is 6.07. The molecule has 176 valence electrons. The highest BCUT2D eigenvalue weighted by molar-refractivity contribution is 7.17. The predicted molar refractivity (Wildman–Crippen MR) is 128 cm³/mol. The van der Waals surface area contributed by atoms with Crippen molar-refractivity contribution in [2.45, 2.75) is 37.8 Å². The maximum absolute atomic E-state index is 14.0. The molecular weight excluding hydrogens is 443 g/mol. The van der Waals surface area contributed by atoms with Crippen LogP contribution < -0.4 is 20.9 Å². The third kappa shape index (κ3) is 4.11. The monoisotopic (exact) mass is 472 g/mol. The molecule has 0 radical (unpaired) electrons. The predicted octanol–water partition coefficient (Wildman–Crippen LogP) is 2.62. The molecule has 4 heterocycles. The molecule has 8 nitrogen and oxygen atoms in total. The number of benzene rings is 1. The summed E-state index contributed by atoms with van der Waals surface area (Å²) in [6.45, 7) is 5.21. The Morgan fingerprint density at radius 2 is 2.21 bits per heavy atom. The number of nitrogens with zero attached hydrogens (tertiary/aromatic N) is 3. The van der Waals surface area contributed by atoms with Crippen LogP contribution in [0, 0.1) is 11.7 Å². The molecule has 3 aliphatic rings. The zero-order valence-electron chi connectivity index (χ0n) is 18.6. The van der Waals surface area contributed by atoms with E-state index in [2.05, 4.69) is 20.9 Å². The van der Waals surface area contributed by atoms with Crippen LogP contribution in [-0.4, -0.2) is 55.1 Å². The first kappa shape index (κ1) is 22.2. The van der Waals surface area contributed by atoms with Gasteiger partial charge in [0, 0.05) is 31.3 Å². The fourth-order valence-electron chi connectivity index (χ4n) is 5.04. The van der Waals surface area contributed by atoms with E-state index >= 15 is 0 Å². The molecule has 0 aliphatic carbocycles. The van der Waals surface area contributed by atoms with E-state index in [1.165, 1.54) is 17.4 Å². The second-order valence-electron chi connectivity index (χ2n) is 9.05. The number of aliphatic hydroxyl groups is 1. The Morgan fingerprint density at radius 1 is 1.39 bits per heavy atom. The minimum Gasteiger partial charge on any atom is -0.396 e. The molecule has 0 bridgehead atoms. The Hall–Kier alpha value is -2.56. The quantitative estimate of drug-likeness (QED) is 0.516. The number of fused-ring (bicyclic) bond motifs is 2. The summed E-state index contributed by atoms with van der Waals surface area (Å²) >= 11 is 1.32. The zero-order chi connectivity index (χ0) is 23.0. The van der Waals surface area contributed by atoms with Crippen LogP contribution in [0.15, 0.2) is 23.2 Å². The standard InChI is InChI=1S/C23H29FN6O2S/c1-23(30-12-15(6-9-31)17-10-16(24)2-3-18(17)30)19-21(27-13-28-23)33-22(29-19)20(32)26-11-14-4-7-25-8-5-14/h2-3,10,13-15,25,31H,4-9,11-12H2,1H3,(H,26,32)(H,27,28). The molecule has 1 amide bonds. The third-order valence-corrected chi connectivity index (χ3v) is 7.90. The van der Waals surface area contributed by atoms with Crippen LogP contribution in [0.25, 0.3) is 0 Å². The van der Waals surface area contributed by atoms with Gasteiger partial charge in [0.05, 0.1) is 6.34 Å². The Bertz CT molecular complexity index is 1070. The van der Waals surface area contributed by atoms with E-state index in [1.54, 1.807) is 18.5 Å². The molecule has 5 rings (SSSR count). The summed E-state index contributed by atoms with van der Waals surface area (Å²) < 4.78 is 14.0. The van der Waals surface area contributed by atoms with Crippen LogP contribution in [0.2, 0.25) is 0 Å². The van der Waals surface area contributed by atoms with Gasteiger partial charge in [0.2, 0.25) is 0 Å². The van der Waals surface area contributed by atoms with Gasteiger partial charge >= 0.3 is 0 Å². The summed E-state index contributed by atoms with van der Waals surface area (Å²) in [6.07, 6.45) is 4.30. The average Bonchev–Trinajstić information content (AvgIpc) is 3.42. The van der Waals surface area contributed by atoms with Crippen molar-refractivity contribution in [3.8, 4) is 0 Å². The highest BCUT2D eigenvalue weighted by Gasteiger charge is 2.45. The van der Waals surface area contributed by atoms with Crippen LogP contribution in [0.5, 0.6) is 0 Å². The Balaban J connectivity index is 1.41. The minimum absolute atomic E-state index is 0.00236. The number of aliphatic hydroxyl groups excluding tert-OH is 1. The molecule has 2 atom stereocenters. The molecule has 1 saturated heterocycles. The van der Waals surface area contributed by atoms with Gasteiger partial charge in [-0.2, -0.15) is 0 Å². The van der Waals surface area contributed by atoms with E-state index in [1.807, 2.05) is 6.92 Å². The molecule has 0 spiro atoms. The van der Waals surface area contributed by atoms with Crippen LogP contribution in [0.4, 0.5) is 15.1 Å². The number of anilines is 2. The lowest BCUT2D eigenvalue weighted by Gasteiger charge is -2.38. The Morgan fingerprint density at radius 3 is 3.00 bits per heavy atom. The molecule has 1 fully saturated rings. The number of piperidine rings is 1. The average molecular weight is 473 g/mol. The maximum atomic E-state index is 14.0. The van der Waals surface area contributed by atoms with Crippen molar-refractivity contribution in [2.24, 2.45) is 10.9 Å². The van der Waals surface area contributed by atoms with Crippen molar-refractivity contribution in [1.82, 2.24) is 15.6 Å². The van der Waals surface area contributed by atoms with E-state index in [9.17, 15) is 14.3 Å². The summed E-state index contributed by atoms with van der Waals surface area (Å²) in [6, 6.07) is 4.76. The first-order valence-corrected chi connectivity index (χ1v) is 12.3. The Labute approximate surface area is 196 Å². The minimum atomic E-state index is -0.846. The van der Waals surface area contributed by atoms with Gasteiger partial charge in [0.25, 0.3) is 5.91 Å². The molecule has 1 aromatic carbocycles. The van der Waals surface area contributed by atoms with E-state index in [0.29, 0.717) is 36.1 Å². The molecular formula is C23H29FN6O2S. The number of halogens is 1. The lowest BCUT2D eigenvalue weighted by molar-refractivity contribution is 0.0943. The molecule has 33 heavy (non-hydrogen) atoms. The van der Waals surface area contributed by atoms with E-state index in [0.717, 1.165) is 42.2 Å². The van der Waals surface area contributed by atoms with Crippen molar-refractivity contribution < 1.29 is 14.3 Å². The van der Waals surface area contributed by atoms with Crippen molar-refractivity contribution in [2.75, 3.05) is 43.0 Å². The molecule has 2 aromatic rings. The van der Waals surface area contributed by atoms with Gasteiger partial charge in [-0.3, -0.25) is 4.79 Å². The van der Waals surface area contributed by atoms with E-state index in [-0.39, 0.29) is 24.2 Å². The summed E-state index contributed by atoms with van der Waals surface area (Å²) in [5.74, 6) is 0.0256. The number of hydrogen-bond donors (Lipinski definition) is 4.